The van der Waals surface area contributed by atoms with Crippen LogP contribution in [0, 0.1) is 0 Å². The van der Waals surface area contributed by atoms with Gasteiger partial charge in [-0.15, -0.1) is 11.8 Å². The quantitative estimate of drug-likeness (QED) is 0.837. The number of nitrogens with zero attached hydrogens (tertiary/aromatic N) is 1. The average Bonchev–Trinajstić information content (AvgIpc) is 2.55. The van der Waals surface area contributed by atoms with Gasteiger partial charge < -0.3 is 10.2 Å². The van der Waals surface area contributed by atoms with Crippen LogP contribution in [0.1, 0.15) is 10.4 Å². The molecule has 0 bridgehead atoms. The number of thioether (sulfide) groups is 1. The fourth-order valence-corrected chi connectivity index (χ4v) is 2.84. The molecule has 23 heavy (non-hydrogen) atoms. The molecule has 0 aliphatic carbocycles. The van der Waals surface area contributed by atoms with E-state index in [4.69, 9.17) is 11.6 Å². The minimum atomic E-state index is -0.288. The van der Waals surface area contributed by atoms with Crippen molar-refractivity contribution in [3.63, 3.8) is 0 Å². The van der Waals surface area contributed by atoms with E-state index in [-0.39, 0.29) is 18.4 Å². The third-order valence-electron chi connectivity index (χ3n) is 3.21. The molecule has 2 rings (SSSR count). The highest BCUT2D eigenvalue weighted by Gasteiger charge is 2.17. The number of nitrogens with one attached hydrogen (secondary N) is 1. The molecule has 2 amide bonds. The third kappa shape index (κ3) is 4.50. The Morgan fingerprint density at radius 3 is 2.48 bits per heavy atom. The summed E-state index contributed by atoms with van der Waals surface area (Å²) in [6.07, 6.45) is 1.94. The standard InChI is InChI=1S/C17H17ClN2O2S/c1-20(17(22)12-7-3-4-8-13(12)18)11-16(21)19-14-9-5-6-10-15(14)23-2/h3-10H,11H2,1-2H3,(H,19,21). The van der Waals surface area contributed by atoms with Gasteiger partial charge in [0, 0.05) is 11.9 Å². The molecule has 1 N–H and O–H groups in total. The molecule has 0 aliphatic heterocycles. The van der Waals surface area contributed by atoms with Crippen molar-refractivity contribution in [3.05, 3.63) is 59.1 Å². The smallest absolute Gasteiger partial charge is 0.255 e. The van der Waals surface area contributed by atoms with E-state index < -0.39 is 0 Å². The van der Waals surface area contributed by atoms with E-state index in [1.54, 1.807) is 43.1 Å². The molecule has 4 nitrogen and oxygen atoms in total. The minimum Gasteiger partial charge on any atom is -0.332 e. The summed E-state index contributed by atoms with van der Waals surface area (Å²) < 4.78 is 0. The number of carbonyl (C=O) groups excluding carboxylic acids is 2. The Kier molecular flexibility index (Phi) is 6.07. The number of para-hydroxylation sites is 1. The zero-order valence-electron chi connectivity index (χ0n) is 12.9. The maximum atomic E-state index is 12.3. The van der Waals surface area contributed by atoms with E-state index in [1.807, 2.05) is 30.5 Å². The largest absolute Gasteiger partial charge is 0.332 e. The lowest BCUT2D eigenvalue weighted by atomic mass is 10.2. The monoisotopic (exact) mass is 348 g/mol. The highest BCUT2D eigenvalue weighted by Crippen LogP contribution is 2.24. The molecule has 0 spiro atoms. The molecular formula is C17H17ClN2O2S. The average molecular weight is 349 g/mol. The Labute approximate surface area is 144 Å². The SMILES string of the molecule is CSc1ccccc1NC(=O)CN(C)C(=O)c1ccccc1Cl. The number of anilines is 1. The molecule has 2 aromatic carbocycles. The Morgan fingerprint density at radius 1 is 1.13 bits per heavy atom. The molecule has 0 atom stereocenters. The number of hydrogen-bond donors (Lipinski definition) is 1. The zero-order valence-corrected chi connectivity index (χ0v) is 14.4. The fourth-order valence-electron chi connectivity index (χ4n) is 2.07. The van der Waals surface area contributed by atoms with Crippen molar-refractivity contribution in [1.82, 2.24) is 4.90 Å². The van der Waals surface area contributed by atoms with Crippen LogP contribution in [0.2, 0.25) is 5.02 Å². The number of rotatable bonds is 5. The highest BCUT2D eigenvalue weighted by atomic mass is 35.5. The first-order valence-electron chi connectivity index (χ1n) is 6.95. The molecular weight excluding hydrogens is 332 g/mol. The summed E-state index contributed by atoms with van der Waals surface area (Å²) in [7, 11) is 1.58. The van der Waals surface area contributed by atoms with Crippen LogP contribution in [0.3, 0.4) is 0 Å². The molecule has 120 valence electrons. The summed E-state index contributed by atoms with van der Waals surface area (Å²) in [5.41, 5.74) is 1.12. The second kappa shape index (κ2) is 8.04. The molecule has 6 heteroatoms. The van der Waals surface area contributed by atoms with Crippen molar-refractivity contribution in [2.75, 3.05) is 25.2 Å². The summed E-state index contributed by atoms with van der Waals surface area (Å²) in [5.74, 6) is -0.543. The van der Waals surface area contributed by atoms with Crippen molar-refractivity contribution in [1.29, 1.82) is 0 Å². The van der Waals surface area contributed by atoms with E-state index in [2.05, 4.69) is 5.32 Å². The van der Waals surface area contributed by atoms with Crippen LogP contribution in [0.5, 0.6) is 0 Å². The van der Waals surface area contributed by atoms with Crippen molar-refractivity contribution in [3.8, 4) is 0 Å². The van der Waals surface area contributed by atoms with Gasteiger partial charge >= 0.3 is 0 Å². The lowest BCUT2D eigenvalue weighted by Crippen LogP contribution is -2.35. The second-order valence-corrected chi connectivity index (χ2v) is 6.14. The topological polar surface area (TPSA) is 49.4 Å². The van der Waals surface area contributed by atoms with Gasteiger partial charge in [-0.1, -0.05) is 35.9 Å². The van der Waals surface area contributed by atoms with Gasteiger partial charge in [0.25, 0.3) is 5.91 Å². The maximum absolute atomic E-state index is 12.3. The van der Waals surface area contributed by atoms with Crippen molar-refractivity contribution in [2.45, 2.75) is 4.90 Å². The number of halogens is 1. The van der Waals surface area contributed by atoms with Gasteiger partial charge in [0.05, 0.1) is 22.8 Å². The van der Waals surface area contributed by atoms with Crippen LogP contribution in [0.25, 0.3) is 0 Å². The van der Waals surface area contributed by atoms with E-state index in [0.29, 0.717) is 10.6 Å². The van der Waals surface area contributed by atoms with Gasteiger partial charge in [0.2, 0.25) is 5.91 Å². The molecule has 0 aromatic heterocycles. The van der Waals surface area contributed by atoms with E-state index >= 15 is 0 Å². The molecule has 0 unspecified atom stereocenters. The first kappa shape index (κ1) is 17.4. The number of likely N-dealkylation sites (N-methyl/N-ethyl adjacent to an activating group) is 1. The van der Waals surface area contributed by atoms with Gasteiger partial charge in [0.1, 0.15) is 0 Å². The van der Waals surface area contributed by atoms with Gasteiger partial charge in [-0.05, 0) is 30.5 Å². The second-order valence-electron chi connectivity index (χ2n) is 4.89. The lowest BCUT2D eigenvalue weighted by molar-refractivity contribution is -0.116. The summed E-state index contributed by atoms with van der Waals surface area (Å²) in [5, 5.41) is 3.20. The van der Waals surface area contributed by atoms with Crippen molar-refractivity contribution >= 4 is 40.9 Å². The number of hydrogen-bond acceptors (Lipinski definition) is 3. The van der Waals surface area contributed by atoms with Gasteiger partial charge in [-0.25, -0.2) is 0 Å². The van der Waals surface area contributed by atoms with Gasteiger partial charge in [0.15, 0.2) is 0 Å². The molecule has 2 aromatic rings. The minimum absolute atomic E-state index is 0.0488. The van der Waals surface area contributed by atoms with Crippen LogP contribution in [0.4, 0.5) is 5.69 Å². The summed E-state index contributed by atoms with van der Waals surface area (Å²) >= 11 is 7.57. The predicted octanol–water partition coefficient (Wildman–Crippen LogP) is 3.77. The molecule has 0 radical (unpaired) electrons. The van der Waals surface area contributed by atoms with Crippen LogP contribution in [-0.4, -0.2) is 36.6 Å². The number of benzene rings is 2. The van der Waals surface area contributed by atoms with E-state index in [0.717, 1.165) is 10.6 Å². The van der Waals surface area contributed by atoms with Crippen molar-refractivity contribution < 1.29 is 9.59 Å². The van der Waals surface area contributed by atoms with Crippen LogP contribution >= 0.6 is 23.4 Å². The Hall–Kier alpha value is -1.98. The zero-order chi connectivity index (χ0) is 16.8. The Bertz CT molecular complexity index is 721. The maximum Gasteiger partial charge on any atom is 0.255 e. The van der Waals surface area contributed by atoms with Gasteiger partial charge in [-0.3, -0.25) is 9.59 Å². The molecule has 0 saturated carbocycles. The predicted molar refractivity (Wildman–Crippen MR) is 95.3 cm³/mol. The molecule has 0 saturated heterocycles. The van der Waals surface area contributed by atoms with Gasteiger partial charge in [-0.2, -0.15) is 0 Å². The lowest BCUT2D eigenvalue weighted by Gasteiger charge is -2.18. The molecule has 0 heterocycles. The molecule has 0 aliphatic rings. The first-order chi connectivity index (χ1) is 11.0. The Balaban J connectivity index is 2.02. The summed E-state index contributed by atoms with van der Waals surface area (Å²) in [4.78, 5) is 26.8. The van der Waals surface area contributed by atoms with Crippen molar-refractivity contribution in [2.24, 2.45) is 0 Å². The normalized spacial score (nSPS) is 10.2. The van der Waals surface area contributed by atoms with Crippen LogP contribution in [-0.2, 0) is 4.79 Å². The summed E-state index contributed by atoms with van der Waals surface area (Å²) in [6.45, 7) is -0.0488. The van der Waals surface area contributed by atoms with Crippen LogP contribution < -0.4 is 5.32 Å². The fraction of sp³-hybridized carbons (Fsp3) is 0.176. The number of amides is 2. The van der Waals surface area contributed by atoms with E-state index in [9.17, 15) is 9.59 Å². The van der Waals surface area contributed by atoms with E-state index in [1.165, 1.54) is 4.90 Å². The summed E-state index contributed by atoms with van der Waals surface area (Å²) in [6, 6.07) is 14.3. The number of carbonyl (C=O) groups is 2. The molecule has 0 fully saturated rings. The highest BCUT2D eigenvalue weighted by molar-refractivity contribution is 7.98. The first-order valence-corrected chi connectivity index (χ1v) is 8.56. The Morgan fingerprint density at radius 2 is 1.78 bits per heavy atom. The van der Waals surface area contributed by atoms with Crippen LogP contribution in [0.15, 0.2) is 53.4 Å². The third-order valence-corrected chi connectivity index (χ3v) is 4.34.